The van der Waals surface area contributed by atoms with Crippen LogP contribution in [0.4, 0.5) is 4.39 Å². The molecular weight excluding hydrogens is 553 g/mol. The molecule has 44 heavy (non-hydrogen) atoms. The van der Waals surface area contributed by atoms with Gasteiger partial charge in [-0.05, 0) is 118 Å². The zero-order chi connectivity index (χ0) is 30.5. The number of pyridine rings is 2. The van der Waals surface area contributed by atoms with Gasteiger partial charge in [-0.15, -0.1) is 0 Å². The molecule has 4 heterocycles. The lowest BCUT2D eigenvalue weighted by Gasteiger charge is -2.30. The first-order chi connectivity index (χ1) is 21.3. The number of piperidine rings is 1. The van der Waals surface area contributed by atoms with E-state index >= 15 is 0 Å². The van der Waals surface area contributed by atoms with Crippen LogP contribution < -0.4 is 5.56 Å². The van der Waals surface area contributed by atoms with Gasteiger partial charge in [0.15, 0.2) is 0 Å². The number of aromatic amines is 1. The van der Waals surface area contributed by atoms with Crippen LogP contribution in [0, 0.1) is 11.7 Å². The molecular formula is C36H42FN5O2. The second-order valence-electron chi connectivity index (χ2n) is 13.2. The van der Waals surface area contributed by atoms with E-state index < -0.39 is 5.82 Å². The Morgan fingerprint density at radius 1 is 1.05 bits per heavy atom. The SMILES string of the molecule is CCN(CC)C(=O)c1cc(F)ccc1-c1cc(C2CC2)nc(-n2cc(C3CC3)c3cc(CN4CCC[C@H](C)C4)[nH]c3c2=O)c1. The summed E-state index contributed by atoms with van der Waals surface area (Å²) in [4.78, 5) is 40.4. The lowest BCUT2D eigenvalue weighted by atomic mass is 9.97. The highest BCUT2D eigenvalue weighted by Crippen LogP contribution is 2.44. The Morgan fingerprint density at radius 3 is 2.52 bits per heavy atom. The number of hydrogen-bond donors (Lipinski definition) is 1. The summed E-state index contributed by atoms with van der Waals surface area (Å²) in [5, 5.41) is 1.03. The minimum Gasteiger partial charge on any atom is -0.353 e. The molecule has 8 heteroatoms. The number of halogens is 1. The molecule has 1 N–H and O–H groups in total. The number of nitrogens with one attached hydrogen (secondary N) is 1. The van der Waals surface area contributed by atoms with Crippen LogP contribution in [0.15, 0.2) is 47.4 Å². The predicted molar refractivity (Wildman–Crippen MR) is 172 cm³/mol. The smallest absolute Gasteiger partial charge is 0.280 e. The largest absolute Gasteiger partial charge is 0.353 e. The molecule has 3 fully saturated rings. The van der Waals surface area contributed by atoms with E-state index in [0.29, 0.717) is 53.3 Å². The first kappa shape index (κ1) is 29.0. The Labute approximate surface area is 258 Å². The summed E-state index contributed by atoms with van der Waals surface area (Å²) in [6.45, 7) is 10.2. The number of carbonyl (C=O) groups excluding carboxylic acids is 1. The van der Waals surface area contributed by atoms with Crippen molar-refractivity contribution in [2.75, 3.05) is 26.2 Å². The Kier molecular flexibility index (Phi) is 7.65. The van der Waals surface area contributed by atoms with Crippen molar-refractivity contribution in [3.63, 3.8) is 0 Å². The van der Waals surface area contributed by atoms with Gasteiger partial charge in [0.2, 0.25) is 0 Å². The summed E-state index contributed by atoms with van der Waals surface area (Å²) in [5.74, 6) is 1.35. The van der Waals surface area contributed by atoms with Gasteiger partial charge < -0.3 is 9.88 Å². The summed E-state index contributed by atoms with van der Waals surface area (Å²) >= 11 is 0. The molecule has 0 bridgehead atoms. The Morgan fingerprint density at radius 2 is 1.82 bits per heavy atom. The minimum absolute atomic E-state index is 0.118. The normalized spacial score (nSPS) is 19.0. The number of carbonyl (C=O) groups is 1. The highest BCUT2D eigenvalue weighted by atomic mass is 19.1. The molecule has 1 aliphatic heterocycles. The monoisotopic (exact) mass is 595 g/mol. The number of fused-ring (bicyclic) bond motifs is 1. The fraction of sp³-hybridized carbons (Fsp3) is 0.472. The zero-order valence-electron chi connectivity index (χ0n) is 26.0. The lowest BCUT2D eigenvalue weighted by molar-refractivity contribution is 0.0773. The highest BCUT2D eigenvalue weighted by Gasteiger charge is 2.30. The fourth-order valence-corrected chi connectivity index (χ4v) is 6.97. The number of amides is 1. The maximum Gasteiger partial charge on any atom is 0.280 e. The maximum atomic E-state index is 14.5. The zero-order valence-corrected chi connectivity index (χ0v) is 26.0. The molecule has 2 saturated carbocycles. The van der Waals surface area contributed by atoms with Gasteiger partial charge in [-0.2, -0.15) is 0 Å². The third kappa shape index (κ3) is 5.60. The number of likely N-dealkylation sites (tertiary alicyclic amines) is 1. The molecule has 7 nitrogen and oxygen atoms in total. The van der Waals surface area contributed by atoms with Crippen LogP contribution in [-0.4, -0.2) is 56.4 Å². The van der Waals surface area contributed by atoms with Crippen LogP contribution in [0.1, 0.15) is 98.4 Å². The minimum atomic E-state index is -0.446. The molecule has 0 spiro atoms. The van der Waals surface area contributed by atoms with Crippen LogP contribution >= 0.6 is 0 Å². The third-order valence-corrected chi connectivity index (χ3v) is 9.69. The van der Waals surface area contributed by atoms with E-state index in [1.54, 1.807) is 15.5 Å². The molecule has 1 atom stereocenters. The summed E-state index contributed by atoms with van der Waals surface area (Å²) in [5.41, 5.74) is 5.46. The number of aromatic nitrogens is 3. The number of nitrogens with zero attached hydrogens (tertiary/aromatic N) is 4. The van der Waals surface area contributed by atoms with Gasteiger partial charge in [0.1, 0.15) is 17.2 Å². The van der Waals surface area contributed by atoms with Crippen molar-refractivity contribution in [1.82, 2.24) is 24.3 Å². The molecule has 0 radical (unpaired) electrons. The van der Waals surface area contributed by atoms with Gasteiger partial charge in [0.25, 0.3) is 11.5 Å². The van der Waals surface area contributed by atoms with Crippen LogP contribution in [0.5, 0.6) is 0 Å². The van der Waals surface area contributed by atoms with Crippen molar-refractivity contribution < 1.29 is 9.18 Å². The molecule has 1 saturated heterocycles. The Bertz CT molecular complexity index is 1780. The summed E-state index contributed by atoms with van der Waals surface area (Å²) < 4.78 is 16.2. The van der Waals surface area contributed by atoms with Crippen molar-refractivity contribution in [2.45, 2.75) is 77.7 Å². The number of rotatable bonds is 9. The molecule has 1 amide bonds. The van der Waals surface area contributed by atoms with Crippen molar-refractivity contribution in [2.24, 2.45) is 5.92 Å². The second kappa shape index (κ2) is 11.6. The summed E-state index contributed by atoms with van der Waals surface area (Å²) in [6, 6.07) is 10.5. The van der Waals surface area contributed by atoms with E-state index in [1.807, 2.05) is 32.2 Å². The number of H-pyrrole nitrogens is 1. The number of benzene rings is 1. The third-order valence-electron chi connectivity index (χ3n) is 9.69. The first-order valence-corrected chi connectivity index (χ1v) is 16.4. The Balaban J connectivity index is 1.35. The van der Waals surface area contributed by atoms with E-state index in [2.05, 4.69) is 22.9 Å². The molecule has 7 rings (SSSR count). The van der Waals surface area contributed by atoms with Gasteiger partial charge in [-0.25, -0.2) is 9.37 Å². The molecule has 1 aromatic carbocycles. The van der Waals surface area contributed by atoms with Crippen molar-refractivity contribution in [1.29, 1.82) is 0 Å². The molecule has 3 aliphatic rings. The topological polar surface area (TPSA) is 74.2 Å². The van der Waals surface area contributed by atoms with Crippen LogP contribution in [0.25, 0.3) is 27.8 Å². The molecule has 4 aromatic rings. The van der Waals surface area contributed by atoms with Crippen molar-refractivity contribution >= 4 is 16.8 Å². The molecule has 230 valence electrons. The molecule has 3 aromatic heterocycles. The average molecular weight is 596 g/mol. The maximum absolute atomic E-state index is 14.5. The molecule has 2 aliphatic carbocycles. The van der Waals surface area contributed by atoms with Gasteiger partial charge in [-0.3, -0.25) is 19.1 Å². The average Bonchev–Trinajstić information content (AvgIpc) is 3.95. The van der Waals surface area contributed by atoms with Gasteiger partial charge in [0.05, 0.1) is 5.56 Å². The number of hydrogen-bond acceptors (Lipinski definition) is 4. The highest BCUT2D eigenvalue weighted by molar-refractivity contribution is 6.01. The summed E-state index contributed by atoms with van der Waals surface area (Å²) in [7, 11) is 0. The van der Waals surface area contributed by atoms with Gasteiger partial charge >= 0.3 is 0 Å². The van der Waals surface area contributed by atoms with Gasteiger partial charge in [-0.1, -0.05) is 13.0 Å². The van der Waals surface area contributed by atoms with Crippen molar-refractivity contribution in [3.05, 3.63) is 81.3 Å². The van der Waals surface area contributed by atoms with Crippen LogP contribution in [-0.2, 0) is 6.54 Å². The second-order valence-corrected chi connectivity index (χ2v) is 13.2. The van der Waals surface area contributed by atoms with Gasteiger partial charge in [0, 0.05) is 55.1 Å². The van der Waals surface area contributed by atoms with E-state index in [9.17, 15) is 14.0 Å². The van der Waals surface area contributed by atoms with Crippen molar-refractivity contribution in [3.8, 4) is 16.9 Å². The standard InChI is InChI=1S/C36H42FN5O2/c1-4-41(5-2)35(43)30-17-26(37)12-13-28(30)25-15-32(24-10-11-24)39-33(16-25)42-21-31(23-8-9-23)29-18-27(38-34(29)36(42)44)20-40-14-6-7-22(3)19-40/h12-13,15-18,21-24,38H,4-11,14,19-20H2,1-3H3/t22-/m0/s1. The fourth-order valence-electron chi connectivity index (χ4n) is 6.97. The Hall–Kier alpha value is -3.78. The first-order valence-electron chi connectivity index (χ1n) is 16.4. The van der Waals surface area contributed by atoms with E-state index in [4.69, 9.17) is 4.98 Å². The predicted octanol–water partition coefficient (Wildman–Crippen LogP) is 6.99. The van der Waals surface area contributed by atoms with E-state index in [0.717, 1.165) is 67.7 Å². The van der Waals surface area contributed by atoms with E-state index in [1.165, 1.54) is 30.5 Å². The van der Waals surface area contributed by atoms with E-state index in [-0.39, 0.29) is 11.5 Å². The van der Waals surface area contributed by atoms with Crippen LogP contribution in [0.3, 0.4) is 0 Å². The molecule has 0 unspecified atom stereocenters. The lowest BCUT2D eigenvalue weighted by Crippen LogP contribution is -2.33. The summed E-state index contributed by atoms with van der Waals surface area (Å²) in [6.07, 6.45) is 8.80. The van der Waals surface area contributed by atoms with Crippen LogP contribution in [0.2, 0.25) is 0 Å². The quantitative estimate of drug-likeness (QED) is 0.226.